The minimum Gasteiger partial charge on any atom is -0.448 e. The van der Waals surface area contributed by atoms with Gasteiger partial charge in [-0.3, -0.25) is 19.3 Å². The van der Waals surface area contributed by atoms with E-state index in [0.717, 1.165) is 0 Å². The molecule has 0 saturated carbocycles. The summed E-state index contributed by atoms with van der Waals surface area (Å²) in [5, 5.41) is 2.77. The summed E-state index contributed by atoms with van der Waals surface area (Å²) in [7, 11) is 0. The van der Waals surface area contributed by atoms with Crippen LogP contribution in [0.5, 0.6) is 0 Å². The van der Waals surface area contributed by atoms with Crippen molar-refractivity contribution in [1.29, 1.82) is 0 Å². The molecule has 1 fully saturated rings. The molecule has 9 heteroatoms. The van der Waals surface area contributed by atoms with Crippen molar-refractivity contribution in [2.24, 2.45) is 0 Å². The number of fused-ring (bicyclic) bond motifs is 1. The first-order valence-corrected chi connectivity index (χ1v) is 10.3. The minimum atomic E-state index is -0.489. The number of alkyl carbamates (subject to hydrolysis) is 1. The van der Waals surface area contributed by atoms with Crippen molar-refractivity contribution in [2.75, 3.05) is 32.1 Å². The van der Waals surface area contributed by atoms with E-state index < -0.39 is 6.09 Å². The number of hydrogen-bond acceptors (Lipinski definition) is 5. The van der Waals surface area contributed by atoms with Gasteiger partial charge in [-0.2, -0.15) is 0 Å². The number of benzene rings is 1. The number of nitrogens with zero attached hydrogens (tertiary/aromatic N) is 2. The third-order valence-electron chi connectivity index (χ3n) is 5.13. The van der Waals surface area contributed by atoms with Gasteiger partial charge in [-0.25, -0.2) is 4.79 Å². The lowest BCUT2D eigenvalue weighted by Gasteiger charge is -2.32. The van der Waals surface area contributed by atoms with Crippen LogP contribution in [0.2, 0.25) is 0 Å². The first-order chi connectivity index (χ1) is 14.0. The Morgan fingerprint density at radius 3 is 2.31 bits per heavy atom. The lowest BCUT2D eigenvalue weighted by Crippen LogP contribution is -2.46. The monoisotopic (exact) mass is 421 g/mol. The third kappa shape index (κ3) is 5.06. The van der Waals surface area contributed by atoms with Gasteiger partial charge in [0.15, 0.2) is 0 Å². The molecule has 4 amide bonds. The largest absolute Gasteiger partial charge is 0.448 e. The second kappa shape index (κ2) is 9.73. The fourth-order valence-electron chi connectivity index (χ4n) is 3.60. The van der Waals surface area contributed by atoms with Crippen molar-refractivity contribution >= 4 is 35.4 Å². The van der Waals surface area contributed by atoms with E-state index in [9.17, 15) is 19.2 Å². The lowest BCUT2D eigenvalue weighted by atomic mass is 10.0. The summed E-state index contributed by atoms with van der Waals surface area (Å²) < 4.78 is 4.89. The maximum Gasteiger partial charge on any atom is 0.407 e. The van der Waals surface area contributed by atoms with E-state index in [1.54, 1.807) is 29.2 Å². The molecule has 2 aliphatic rings. The van der Waals surface area contributed by atoms with Gasteiger partial charge in [0, 0.05) is 32.1 Å². The van der Waals surface area contributed by atoms with Gasteiger partial charge in [0.05, 0.1) is 17.0 Å². The van der Waals surface area contributed by atoms with Crippen LogP contribution in [0.15, 0.2) is 24.3 Å². The molecule has 8 nitrogen and oxygen atoms in total. The third-order valence-corrected chi connectivity index (χ3v) is 5.28. The number of carbonyl (C=O) groups excluding carboxylic acids is 4. The molecule has 0 aliphatic carbocycles. The summed E-state index contributed by atoms with van der Waals surface area (Å²) >= 11 is 5.48. The van der Waals surface area contributed by atoms with Crippen molar-refractivity contribution in [3.63, 3.8) is 0 Å². The summed E-state index contributed by atoms with van der Waals surface area (Å²) in [6.45, 7) is 1.49. The van der Waals surface area contributed by atoms with Gasteiger partial charge in [-0.15, -0.1) is 11.6 Å². The molecule has 1 N–H and O–H groups in total. The molecule has 2 heterocycles. The van der Waals surface area contributed by atoms with E-state index in [0.29, 0.717) is 43.5 Å². The van der Waals surface area contributed by atoms with Gasteiger partial charge >= 0.3 is 6.09 Å². The summed E-state index contributed by atoms with van der Waals surface area (Å²) in [6, 6.07) is 6.72. The van der Waals surface area contributed by atoms with Crippen molar-refractivity contribution < 1.29 is 23.9 Å². The van der Waals surface area contributed by atoms with Crippen molar-refractivity contribution in [3.8, 4) is 0 Å². The lowest BCUT2D eigenvalue weighted by molar-refractivity contribution is -0.132. The van der Waals surface area contributed by atoms with Gasteiger partial charge < -0.3 is 15.0 Å². The number of halogens is 1. The maximum absolute atomic E-state index is 12.4. The topological polar surface area (TPSA) is 96.0 Å². The molecule has 0 aromatic heterocycles. The van der Waals surface area contributed by atoms with E-state index in [4.69, 9.17) is 16.3 Å². The fraction of sp³-hybridized carbons (Fsp3) is 0.500. The predicted octanol–water partition coefficient (Wildman–Crippen LogP) is 2.02. The number of imide groups is 1. The quantitative estimate of drug-likeness (QED) is 0.536. The molecule has 1 aromatic carbocycles. The van der Waals surface area contributed by atoms with Crippen LogP contribution < -0.4 is 5.32 Å². The van der Waals surface area contributed by atoms with Gasteiger partial charge in [0.2, 0.25) is 5.91 Å². The first-order valence-electron chi connectivity index (χ1n) is 9.73. The molecule has 1 aromatic rings. The number of carbonyl (C=O) groups is 4. The number of nitrogens with one attached hydrogen (secondary N) is 1. The van der Waals surface area contributed by atoms with Gasteiger partial charge in [0.1, 0.15) is 6.61 Å². The van der Waals surface area contributed by atoms with Gasteiger partial charge in [-0.05, 0) is 31.4 Å². The van der Waals surface area contributed by atoms with Crippen molar-refractivity contribution in [1.82, 2.24) is 15.1 Å². The standard InChI is InChI=1S/C20H24ClN3O5/c21-9-13-29-20(28)22-14-7-11-23(12-8-14)17(25)6-3-10-24-18(26)15-4-1-2-5-16(15)19(24)27/h1-2,4-5,14H,3,6-13H2,(H,22,28). The van der Waals surface area contributed by atoms with E-state index in [1.807, 2.05) is 0 Å². The highest BCUT2D eigenvalue weighted by Crippen LogP contribution is 2.23. The Bertz CT molecular complexity index is 757. The van der Waals surface area contributed by atoms with Crippen LogP contribution in [0, 0.1) is 0 Å². The predicted molar refractivity (Wildman–Crippen MR) is 106 cm³/mol. The van der Waals surface area contributed by atoms with Crippen molar-refractivity contribution in [3.05, 3.63) is 35.4 Å². The average molecular weight is 422 g/mol. The molecule has 3 rings (SSSR count). The van der Waals surface area contributed by atoms with Crippen LogP contribution in [0.25, 0.3) is 0 Å². The zero-order valence-corrected chi connectivity index (χ0v) is 16.8. The Labute approximate surface area is 174 Å². The Kier molecular flexibility index (Phi) is 7.09. The highest BCUT2D eigenvalue weighted by atomic mass is 35.5. The molecular weight excluding hydrogens is 398 g/mol. The van der Waals surface area contributed by atoms with E-state index in [2.05, 4.69) is 5.32 Å². The Balaban J connectivity index is 1.38. The molecule has 2 aliphatic heterocycles. The summed E-state index contributed by atoms with van der Waals surface area (Å²) in [5.74, 6) is -0.358. The number of likely N-dealkylation sites (tertiary alicyclic amines) is 1. The summed E-state index contributed by atoms with van der Waals surface area (Å²) in [4.78, 5) is 51.6. The van der Waals surface area contributed by atoms with Crippen LogP contribution in [-0.4, -0.2) is 71.8 Å². The number of piperidine rings is 1. The number of hydrogen-bond donors (Lipinski definition) is 1. The molecule has 0 spiro atoms. The van der Waals surface area contributed by atoms with E-state index in [-0.39, 0.29) is 49.2 Å². The molecule has 1 saturated heterocycles. The SMILES string of the molecule is O=C(NC1CCN(C(=O)CCCN2C(=O)c3ccccc3C2=O)CC1)OCCCl. The van der Waals surface area contributed by atoms with Crippen molar-refractivity contribution in [2.45, 2.75) is 31.7 Å². The van der Waals surface area contributed by atoms with Crippen LogP contribution >= 0.6 is 11.6 Å². The smallest absolute Gasteiger partial charge is 0.407 e. The van der Waals surface area contributed by atoms with Crippen LogP contribution in [0.3, 0.4) is 0 Å². The molecule has 0 bridgehead atoms. The Morgan fingerprint density at radius 1 is 1.10 bits per heavy atom. The second-order valence-electron chi connectivity index (χ2n) is 7.04. The number of amides is 4. The first kappa shape index (κ1) is 21.1. The number of alkyl halides is 1. The molecule has 0 atom stereocenters. The van der Waals surface area contributed by atoms with Crippen LogP contribution in [0.4, 0.5) is 4.79 Å². The summed E-state index contributed by atoms with van der Waals surface area (Å²) in [5.41, 5.74) is 0.839. The molecule has 0 radical (unpaired) electrons. The maximum atomic E-state index is 12.4. The Hall–Kier alpha value is -2.61. The molecule has 0 unspecified atom stereocenters. The molecule has 29 heavy (non-hydrogen) atoms. The van der Waals surface area contributed by atoms with Crippen LogP contribution in [0.1, 0.15) is 46.4 Å². The molecular formula is C20H24ClN3O5. The normalized spacial score (nSPS) is 16.7. The van der Waals surface area contributed by atoms with E-state index >= 15 is 0 Å². The zero-order chi connectivity index (χ0) is 20.8. The molecule has 156 valence electrons. The Morgan fingerprint density at radius 2 is 1.72 bits per heavy atom. The zero-order valence-electron chi connectivity index (χ0n) is 16.1. The highest BCUT2D eigenvalue weighted by molar-refractivity contribution is 6.21. The minimum absolute atomic E-state index is 0.00947. The number of rotatable bonds is 7. The highest BCUT2D eigenvalue weighted by Gasteiger charge is 2.34. The number of ether oxygens (including phenoxy) is 1. The van der Waals surface area contributed by atoms with Crippen LogP contribution in [-0.2, 0) is 9.53 Å². The fourth-order valence-corrected chi connectivity index (χ4v) is 3.68. The van der Waals surface area contributed by atoms with Gasteiger partial charge in [-0.1, -0.05) is 12.1 Å². The van der Waals surface area contributed by atoms with E-state index in [1.165, 1.54) is 4.90 Å². The second-order valence-corrected chi connectivity index (χ2v) is 7.41. The average Bonchev–Trinajstić information content (AvgIpc) is 2.98. The van der Waals surface area contributed by atoms with Gasteiger partial charge in [0.25, 0.3) is 11.8 Å². The summed E-state index contributed by atoms with van der Waals surface area (Å²) in [6.07, 6.45) is 1.51.